The minimum Gasteiger partial charge on any atom is -0.475 e. The third-order valence-corrected chi connectivity index (χ3v) is 4.77. The predicted molar refractivity (Wildman–Crippen MR) is 105 cm³/mol. The summed E-state index contributed by atoms with van der Waals surface area (Å²) < 4.78 is 5.57. The average Bonchev–Trinajstić information content (AvgIpc) is 2.82. The molecule has 4 rings (SSSR count). The van der Waals surface area contributed by atoms with Gasteiger partial charge in [-0.1, -0.05) is 29.8 Å². The van der Waals surface area contributed by atoms with Crippen molar-refractivity contribution in [1.82, 2.24) is 9.97 Å². The van der Waals surface area contributed by atoms with E-state index in [-0.39, 0.29) is 23.2 Å². The van der Waals surface area contributed by atoms with E-state index in [1.165, 1.54) is 6.33 Å². The van der Waals surface area contributed by atoms with E-state index in [1.807, 2.05) is 49.4 Å². The number of nitrogen functional groups attached to an aromatic ring is 1. The Hall–Kier alpha value is -3.12. The Morgan fingerprint density at radius 2 is 1.93 bits per heavy atom. The number of nitrogens with zero attached hydrogens (tertiary/aromatic N) is 3. The Balaban J connectivity index is 1.68. The standard InChI is InChI=1S/C20H17ClN4O2/c1-12-10-14(21)4-7-16(12)13-2-5-15(6-3-13)25-8-9-27-19-17(20(25)26)18(22)23-11-24-19/h2-7,10-11H,8-9H2,1H3,(H2,22,23,24). The predicted octanol–water partition coefficient (Wildman–Crippen LogP) is 3.73. The molecule has 1 aliphatic heterocycles. The minimum absolute atomic E-state index is 0.116. The molecule has 0 bridgehead atoms. The van der Waals surface area contributed by atoms with Crippen molar-refractivity contribution in [1.29, 1.82) is 0 Å². The Morgan fingerprint density at radius 1 is 1.15 bits per heavy atom. The summed E-state index contributed by atoms with van der Waals surface area (Å²) in [6.07, 6.45) is 1.29. The Labute approximate surface area is 161 Å². The maximum absolute atomic E-state index is 13.0. The summed E-state index contributed by atoms with van der Waals surface area (Å²) in [5.74, 6) is 0.0738. The lowest BCUT2D eigenvalue weighted by Gasteiger charge is -2.20. The van der Waals surface area contributed by atoms with Gasteiger partial charge in [0.05, 0.1) is 6.54 Å². The van der Waals surface area contributed by atoms with Crippen molar-refractivity contribution in [3.63, 3.8) is 0 Å². The maximum atomic E-state index is 13.0. The summed E-state index contributed by atoms with van der Waals surface area (Å²) in [7, 11) is 0. The number of carbonyl (C=O) groups is 1. The topological polar surface area (TPSA) is 81.3 Å². The number of hydrogen-bond donors (Lipinski definition) is 1. The normalized spacial score (nSPS) is 13.7. The third kappa shape index (κ3) is 3.19. The van der Waals surface area contributed by atoms with E-state index in [0.29, 0.717) is 18.2 Å². The van der Waals surface area contributed by atoms with Crippen LogP contribution in [-0.2, 0) is 0 Å². The van der Waals surface area contributed by atoms with Gasteiger partial charge in [0.25, 0.3) is 5.91 Å². The number of ether oxygens (including phenoxy) is 1. The van der Waals surface area contributed by atoms with Gasteiger partial charge in [0.1, 0.15) is 24.3 Å². The van der Waals surface area contributed by atoms with Crippen LogP contribution in [0.1, 0.15) is 15.9 Å². The molecule has 3 aromatic rings. The van der Waals surface area contributed by atoms with Crippen molar-refractivity contribution in [3.8, 4) is 17.0 Å². The van der Waals surface area contributed by atoms with Crippen molar-refractivity contribution in [2.75, 3.05) is 23.8 Å². The zero-order valence-electron chi connectivity index (χ0n) is 14.6. The van der Waals surface area contributed by atoms with Crippen LogP contribution in [0.15, 0.2) is 48.8 Å². The summed E-state index contributed by atoms with van der Waals surface area (Å²) in [5.41, 5.74) is 10.1. The summed E-state index contributed by atoms with van der Waals surface area (Å²) in [5, 5.41) is 0.710. The van der Waals surface area contributed by atoms with Crippen LogP contribution >= 0.6 is 11.6 Å². The molecule has 0 radical (unpaired) electrons. The largest absolute Gasteiger partial charge is 0.475 e. The lowest BCUT2D eigenvalue weighted by molar-refractivity contribution is 0.0990. The van der Waals surface area contributed by atoms with Crippen molar-refractivity contribution >= 4 is 29.0 Å². The molecular weight excluding hydrogens is 364 g/mol. The first-order valence-corrected chi connectivity index (χ1v) is 8.84. The number of halogens is 1. The van der Waals surface area contributed by atoms with Gasteiger partial charge in [-0.15, -0.1) is 0 Å². The Kier molecular flexibility index (Phi) is 4.41. The van der Waals surface area contributed by atoms with Gasteiger partial charge in [-0.05, 0) is 47.9 Å². The molecule has 0 saturated carbocycles. The number of anilines is 2. The SMILES string of the molecule is Cc1cc(Cl)ccc1-c1ccc(N2CCOc3ncnc(N)c3C2=O)cc1. The molecule has 0 fully saturated rings. The van der Waals surface area contributed by atoms with Gasteiger partial charge in [-0.2, -0.15) is 0 Å². The van der Waals surface area contributed by atoms with Crippen molar-refractivity contribution < 1.29 is 9.53 Å². The molecule has 0 unspecified atom stereocenters. The van der Waals surface area contributed by atoms with Crippen LogP contribution < -0.4 is 15.4 Å². The number of aryl methyl sites for hydroxylation is 1. The van der Waals surface area contributed by atoms with Crippen LogP contribution in [0.25, 0.3) is 11.1 Å². The van der Waals surface area contributed by atoms with Crippen LogP contribution in [0.5, 0.6) is 5.88 Å². The molecule has 0 aliphatic carbocycles. The van der Waals surface area contributed by atoms with E-state index in [9.17, 15) is 4.79 Å². The van der Waals surface area contributed by atoms with Gasteiger partial charge in [-0.3, -0.25) is 4.79 Å². The Morgan fingerprint density at radius 3 is 2.67 bits per heavy atom. The highest BCUT2D eigenvalue weighted by molar-refractivity contribution is 6.30. The van der Waals surface area contributed by atoms with Crippen molar-refractivity contribution in [2.24, 2.45) is 0 Å². The van der Waals surface area contributed by atoms with Crippen LogP contribution in [0.4, 0.5) is 11.5 Å². The smallest absolute Gasteiger partial charge is 0.267 e. The molecule has 0 saturated heterocycles. The number of rotatable bonds is 2. The third-order valence-electron chi connectivity index (χ3n) is 4.53. The number of benzene rings is 2. The summed E-state index contributed by atoms with van der Waals surface area (Å²) in [4.78, 5) is 22.5. The van der Waals surface area contributed by atoms with Crippen LogP contribution in [-0.4, -0.2) is 29.0 Å². The van der Waals surface area contributed by atoms with Gasteiger partial charge in [0.15, 0.2) is 0 Å². The summed E-state index contributed by atoms with van der Waals surface area (Å²) in [6, 6.07) is 13.6. The molecule has 136 valence electrons. The fraction of sp³-hybridized carbons (Fsp3) is 0.150. The molecule has 1 aliphatic rings. The fourth-order valence-electron chi connectivity index (χ4n) is 3.18. The average molecular weight is 381 g/mol. The van der Waals surface area contributed by atoms with Crippen molar-refractivity contribution in [2.45, 2.75) is 6.92 Å². The molecule has 2 heterocycles. The first-order valence-electron chi connectivity index (χ1n) is 8.46. The maximum Gasteiger partial charge on any atom is 0.267 e. The molecule has 0 spiro atoms. The fourth-order valence-corrected chi connectivity index (χ4v) is 3.41. The molecule has 7 heteroatoms. The van der Waals surface area contributed by atoms with Crippen LogP contribution in [0.3, 0.4) is 0 Å². The minimum atomic E-state index is -0.268. The first kappa shape index (κ1) is 17.3. The van der Waals surface area contributed by atoms with Gasteiger partial charge in [-0.25, -0.2) is 9.97 Å². The van der Waals surface area contributed by atoms with E-state index < -0.39 is 0 Å². The number of fused-ring (bicyclic) bond motifs is 1. The van der Waals surface area contributed by atoms with Gasteiger partial charge < -0.3 is 15.4 Å². The first-order chi connectivity index (χ1) is 13.0. The zero-order valence-corrected chi connectivity index (χ0v) is 15.4. The monoisotopic (exact) mass is 380 g/mol. The van der Waals surface area contributed by atoms with Gasteiger partial charge >= 0.3 is 0 Å². The molecule has 1 aromatic heterocycles. The second-order valence-corrected chi connectivity index (χ2v) is 6.69. The summed E-state index contributed by atoms with van der Waals surface area (Å²) in [6.45, 7) is 2.74. The van der Waals surface area contributed by atoms with E-state index in [1.54, 1.807) is 4.90 Å². The molecule has 2 aromatic carbocycles. The number of nitrogens with two attached hydrogens (primary N) is 1. The molecule has 0 atom stereocenters. The van der Waals surface area contributed by atoms with E-state index in [0.717, 1.165) is 22.4 Å². The number of hydrogen-bond acceptors (Lipinski definition) is 5. The van der Waals surface area contributed by atoms with Crippen molar-refractivity contribution in [3.05, 3.63) is 64.9 Å². The number of aromatic nitrogens is 2. The zero-order chi connectivity index (χ0) is 19.0. The van der Waals surface area contributed by atoms with Gasteiger partial charge in [0, 0.05) is 10.7 Å². The highest BCUT2D eigenvalue weighted by Crippen LogP contribution is 2.30. The quantitative estimate of drug-likeness (QED) is 0.732. The van der Waals surface area contributed by atoms with Crippen LogP contribution in [0.2, 0.25) is 5.02 Å². The molecule has 6 nitrogen and oxygen atoms in total. The molecule has 2 N–H and O–H groups in total. The highest BCUT2D eigenvalue weighted by Gasteiger charge is 2.28. The van der Waals surface area contributed by atoms with Crippen LogP contribution in [0, 0.1) is 6.92 Å². The van der Waals surface area contributed by atoms with E-state index in [2.05, 4.69) is 9.97 Å². The second-order valence-electron chi connectivity index (χ2n) is 6.25. The number of carbonyl (C=O) groups excluding carboxylic acids is 1. The van der Waals surface area contributed by atoms with Gasteiger partial charge in [0.2, 0.25) is 5.88 Å². The number of amides is 1. The summed E-state index contributed by atoms with van der Waals surface area (Å²) >= 11 is 6.04. The molecule has 1 amide bonds. The highest BCUT2D eigenvalue weighted by atomic mass is 35.5. The van der Waals surface area contributed by atoms with E-state index in [4.69, 9.17) is 22.1 Å². The van der Waals surface area contributed by atoms with E-state index >= 15 is 0 Å². The Bertz CT molecular complexity index is 1020. The molecule has 27 heavy (non-hydrogen) atoms. The molecular formula is C20H17ClN4O2. The lowest BCUT2D eigenvalue weighted by atomic mass is 10.0. The lowest BCUT2D eigenvalue weighted by Crippen LogP contribution is -2.32. The second kappa shape index (κ2) is 6.89.